The zero-order chi connectivity index (χ0) is 22.5. The predicted molar refractivity (Wildman–Crippen MR) is 121 cm³/mol. The predicted octanol–water partition coefficient (Wildman–Crippen LogP) is 5.40. The molecule has 1 unspecified atom stereocenters. The summed E-state index contributed by atoms with van der Waals surface area (Å²) in [5.41, 5.74) is 1.81. The van der Waals surface area contributed by atoms with Crippen molar-refractivity contribution in [1.82, 2.24) is 0 Å². The van der Waals surface area contributed by atoms with Gasteiger partial charge < -0.3 is 10.6 Å². The van der Waals surface area contributed by atoms with Gasteiger partial charge in [0, 0.05) is 34.8 Å². The van der Waals surface area contributed by atoms with E-state index in [-0.39, 0.29) is 28.2 Å². The quantitative estimate of drug-likeness (QED) is 0.349. The number of thioether (sulfide) groups is 1. The largest absolute Gasteiger partial charge is 0.326 e. The molecular formula is C22H27N3O4S. The molecule has 0 saturated carbocycles. The van der Waals surface area contributed by atoms with Crippen LogP contribution in [0.4, 0.5) is 17.1 Å². The van der Waals surface area contributed by atoms with Gasteiger partial charge in [0.15, 0.2) is 0 Å². The van der Waals surface area contributed by atoms with Gasteiger partial charge in [-0.3, -0.25) is 19.7 Å². The number of nitrogens with one attached hydrogen (secondary N) is 2. The average Bonchev–Trinajstić information content (AvgIpc) is 2.63. The smallest absolute Gasteiger partial charge is 0.269 e. The summed E-state index contributed by atoms with van der Waals surface area (Å²) in [5, 5.41) is 16.2. The second-order valence-corrected chi connectivity index (χ2v) is 9.73. The number of nitro benzene ring substituents is 1. The molecule has 0 bridgehead atoms. The topological polar surface area (TPSA) is 101 Å². The van der Waals surface area contributed by atoms with E-state index in [1.807, 2.05) is 45.0 Å². The van der Waals surface area contributed by atoms with E-state index in [0.29, 0.717) is 23.4 Å². The summed E-state index contributed by atoms with van der Waals surface area (Å²) in [4.78, 5) is 35.8. The monoisotopic (exact) mass is 429 g/mol. The number of non-ortho nitro benzene ring substituents is 1. The zero-order valence-electron chi connectivity index (χ0n) is 17.8. The van der Waals surface area contributed by atoms with Gasteiger partial charge in [0.25, 0.3) is 5.69 Å². The van der Waals surface area contributed by atoms with Gasteiger partial charge in [-0.25, -0.2) is 0 Å². The standard InChI is InChI=1S/C22H27N3O4S/c1-14-12-17(25(28)29)8-11-19(14)24-21(27)15(2)30-18-9-6-16(7-10-18)23-20(26)13-22(3,4)5/h6-12,15H,13H2,1-5H3,(H,23,26)(H,24,27). The Kier molecular flexibility index (Phi) is 7.61. The van der Waals surface area contributed by atoms with Crippen molar-refractivity contribution in [2.45, 2.75) is 51.2 Å². The summed E-state index contributed by atoms with van der Waals surface area (Å²) < 4.78 is 0. The molecule has 1 atom stereocenters. The first-order valence-electron chi connectivity index (χ1n) is 9.57. The van der Waals surface area contributed by atoms with Gasteiger partial charge in [-0.2, -0.15) is 0 Å². The molecule has 7 nitrogen and oxygen atoms in total. The number of benzene rings is 2. The SMILES string of the molecule is Cc1cc([N+](=O)[O-])ccc1NC(=O)C(C)Sc1ccc(NC(=O)CC(C)(C)C)cc1. The van der Waals surface area contributed by atoms with E-state index >= 15 is 0 Å². The number of aryl methyl sites for hydroxylation is 1. The lowest BCUT2D eigenvalue weighted by Crippen LogP contribution is -2.22. The minimum atomic E-state index is -0.466. The normalized spacial score (nSPS) is 12.2. The van der Waals surface area contributed by atoms with Crippen LogP contribution >= 0.6 is 11.8 Å². The summed E-state index contributed by atoms with van der Waals surface area (Å²) in [7, 11) is 0. The second kappa shape index (κ2) is 9.75. The molecule has 2 aromatic carbocycles. The van der Waals surface area contributed by atoms with Gasteiger partial charge in [-0.05, 0) is 55.2 Å². The van der Waals surface area contributed by atoms with Crippen molar-refractivity contribution in [2.75, 3.05) is 10.6 Å². The van der Waals surface area contributed by atoms with Gasteiger partial charge >= 0.3 is 0 Å². The molecule has 30 heavy (non-hydrogen) atoms. The lowest BCUT2D eigenvalue weighted by atomic mass is 9.92. The molecule has 2 N–H and O–H groups in total. The maximum absolute atomic E-state index is 12.5. The number of nitro groups is 1. The molecule has 160 valence electrons. The van der Waals surface area contributed by atoms with E-state index in [4.69, 9.17) is 0 Å². The first kappa shape index (κ1) is 23.4. The third-order valence-corrected chi connectivity index (χ3v) is 5.30. The van der Waals surface area contributed by atoms with E-state index in [9.17, 15) is 19.7 Å². The Morgan fingerprint density at radius 2 is 1.73 bits per heavy atom. The molecule has 0 aliphatic rings. The highest BCUT2D eigenvalue weighted by atomic mass is 32.2. The van der Waals surface area contributed by atoms with Crippen LogP contribution in [-0.2, 0) is 9.59 Å². The molecule has 0 radical (unpaired) electrons. The van der Waals surface area contributed by atoms with Gasteiger partial charge in [0.05, 0.1) is 10.2 Å². The number of amides is 2. The number of anilines is 2. The number of carbonyl (C=O) groups excluding carboxylic acids is 2. The molecule has 0 aliphatic carbocycles. The van der Waals surface area contributed by atoms with Crippen molar-refractivity contribution < 1.29 is 14.5 Å². The van der Waals surface area contributed by atoms with Crippen LogP contribution in [0.3, 0.4) is 0 Å². The number of hydrogen-bond acceptors (Lipinski definition) is 5. The number of rotatable bonds is 7. The molecule has 2 amide bonds. The van der Waals surface area contributed by atoms with E-state index in [1.54, 1.807) is 13.8 Å². The van der Waals surface area contributed by atoms with Crippen molar-refractivity contribution in [2.24, 2.45) is 5.41 Å². The average molecular weight is 430 g/mol. The first-order chi connectivity index (χ1) is 13.9. The van der Waals surface area contributed by atoms with E-state index in [1.165, 1.54) is 30.0 Å². The van der Waals surface area contributed by atoms with Crippen molar-refractivity contribution in [3.8, 4) is 0 Å². The van der Waals surface area contributed by atoms with Crippen molar-refractivity contribution in [1.29, 1.82) is 0 Å². The Balaban J connectivity index is 1.94. The fourth-order valence-corrected chi connectivity index (χ4v) is 3.56. The highest BCUT2D eigenvalue weighted by Gasteiger charge is 2.18. The van der Waals surface area contributed by atoms with Crippen LogP contribution in [0.1, 0.15) is 39.7 Å². The first-order valence-corrected chi connectivity index (χ1v) is 10.4. The molecule has 2 aromatic rings. The Bertz CT molecular complexity index is 936. The Morgan fingerprint density at radius 3 is 2.27 bits per heavy atom. The van der Waals surface area contributed by atoms with E-state index < -0.39 is 4.92 Å². The third kappa shape index (κ3) is 7.18. The van der Waals surface area contributed by atoms with Crippen molar-refractivity contribution in [3.63, 3.8) is 0 Å². The Morgan fingerprint density at radius 1 is 1.10 bits per heavy atom. The fourth-order valence-electron chi connectivity index (χ4n) is 2.70. The highest BCUT2D eigenvalue weighted by Crippen LogP contribution is 2.27. The molecular weight excluding hydrogens is 402 g/mol. The summed E-state index contributed by atoms with van der Waals surface area (Å²) in [6.07, 6.45) is 0.433. The van der Waals surface area contributed by atoms with Crippen LogP contribution in [0.25, 0.3) is 0 Å². The summed E-state index contributed by atoms with van der Waals surface area (Å²) in [6.45, 7) is 9.54. The lowest BCUT2D eigenvalue weighted by molar-refractivity contribution is -0.384. The molecule has 8 heteroatoms. The Hall–Kier alpha value is -2.87. The highest BCUT2D eigenvalue weighted by molar-refractivity contribution is 8.00. The number of hydrogen-bond donors (Lipinski definition) is 2. The van der Waals surface area contributed by atoms with Crippen molar-refractivity contribution in [3.05, 3.63) is 58.1 Å². The van der Waals surface area contributed by atoms with Gasteiger partial charge in [0.2, 0.25) is 11.8 Å². The second-order valence-electron chi connectivity index (χ2n) is 8.32. The van der Waals surface area contributed by atoms with Crippen LogP contribution in [-0.4, -0.2) is 22.0 Å². The molecule has 0 fully saturated rings. The molecule has 0 heterocycles. The minimum Gasteiger partial charge on any atom is -0.326 e. The summed E-state index contributed by atoms with van der Waals surface area (Å²) in [6, 6.07) is 11.7. The minimum absolute atomic E-state index is 0.0115. The van der Waals surface area contributed by atoms with Gasteiger partial charge in [0.1, 0.15) is 0 Å². The lowest BCUT2D eigenvalue weighted by Gasteiger charge is -2.17. The maximum atomic E-state index is 12.5. The third-order valence-electron chi connectivity index (χ3n) is 4.19. The van der Waals surface area contributed by atoms with E-state index in [0.717, 1.165) is 4.90 Å². The molecule has 0 spiro atoms. The van der Waals surface area contributed by atoms with Crippen LogP contribution in [0.15, 0.2) is 47.4 Å². The van der Waals surface area contributed by atoms with Crippen LogP contribution in [0.2, 0.25) is 0 Å². The summed E-state index contributed by atoms with van der Waals surface area (Å²) >= 11 is 1.39. The molecule has 0 saturated heterocycles. The van der Waals surface area contributed by atoms with Crippen LogP contribution < -0.4 is 10.6 Å². The number of nitrogens with zero attached hydrogens (tertiary/aromatic N) is 1. The Labute approximate surface area is 180 Å². The molecule has 0 aliphatic heterocycles. The van der Waals surface area contributed by atoms with Crippen LogP contribution in [0, 0.1) is 22.5 Å². The maximum Gasteiger partial charge on any atom is 0.269 e. The van der Waals surface area contributed by atoms with Gasteiger partial charge in [-0.1, -0.05) is 20.8 Å². The van der Waals surface area contributed by atoms with Gasteiger partial charge in [-0.15, -0.1) is 11.8 Å². The van der Waals surface area contributed by atoms with Crippen molar-refractivity contribution >= 4 is 40.6 Å². The zero-order valence-corrected chi connectivity index (χ0v) is 18.6. The number of carbonyl (C=O) groups is 2. The molecule has 2 rings (SSSR count). The van der Waals surface area contributed by atoms with E-state index in [2.05, 4.69) is 10.6 Å². The molecule has 0 aromatic heterocycles. The van der Waals surface area contributed by atoms with Crippen LogP contribution in [0.5, 0.6) is 0 Å². The fraction of sp³-hybridized carbons (Fsp3) is 0.364. The summed E-state index contributed by atoms with van der Waals surface area (Å²) in [5.74, 6) is -0.228.